The van der Waals surface area contributed by atoms with Crippen molar-refractivity contribution in [3.05, 3.63) is 72.6 Å². The maximum absolute atomic E-state index is 12.1. The first-order chi connectivity index (χ1) is 12.2. The lowest BCUT2D eigenvalue weighted by atomic mass is 10.3. The molecule has 0 aliphatic rings. The summed E-state index contributed by atoms with van der Waals surface area (Å²) in [5.41, 5.74) is 1.65. The number of pyridine rings is 2. The Balaban J connectivity index is 1.72. The van der Waals surface area contributed by atoms with Crippen molar-refractivity contribution in [3.8, 4) is 6.07 Å². The van der Waals surface area contributed by atoms with E-state index in [1.165, 1.54) is 6.20 Å². The van der Waals surface area contributed by atoms with E-state index in [0.717, 1.165) is 0 Å². The Bertz CT molecular complexity index is 903. The van der Waals surface area contributed by atoms with Crippen LogP contribution in [-0.4, -0.2) is 16.0 Å². The predicted octanol–water partition coefficient (Wildman–Crippen LogP) is 3.74. The zero-order chi connectivity index (χ0) is 17.5. The fourth-order valence-electron chi connectivity index (χ4n) is 2.07. The van der Waals surface area contributed by atoms with E-state index in [1.807, 2.05) is 24.3 Å². The number of amides is 2. The maximum Gasteiger partial charge on any atom is 0.323 e. The van der Waals surface area contributed by atoms with Crippen molar-refractivity contribution < 1.29 is 4.79 Å². The number of hydrogen-bond acceptors (Lipinski definition) is 5. The van der Waals surface area contributed by atoms with E-state index in [9.17, 15) is 4.79 Å². The summed E-state index contributed by atoms with van der Waals surface area (Å²) < 4.78 is 0. The summed E-state index contributed by atoms with van der Waals surface area (Å²) in [5.74, 6) is 0.965. The molecule has 3 rings (SSSR count). The molecule has 2 heterocycles. The summed E-state index contributed by atoms with van der Waals surface area (Å²) >= 11 is 0. The van der Waals surface area contributed by atoms with Crippen molar-refractivity contribution in [1.29, 1.82) is 5.26 Å². The Labute approximate surface area is 144 Å². The minimum atomic E-state index is -0.380. The van der Waals surface area contributed by atoms with E-state index in [4.69, 9.17) is 5.26 Å². The van der Waals surface area contributed by atoms with Gasteiger partial charge in [-0.25, -0.2) is 14.8 Å². The fraction of sp³-hybridized carbons (Fsp3) is 0. The number of nitrogens with one attached hydrogen (secondary N) is 3. The molecule has 0 radical (unpaired) electrons. The summed E-state index contributed by atoms with van der Waals surface area (Å²) in [7, 11) is 0. The number of para-hydroxylation sites is 1. The zero-order valence-electron chi connectivity index (χ0n) is 13.1. The molecule has 0 fully saturated rings. The first-order valence-electron chi connectivity index (χ1n) is 7.46. The molecule has 2 amide bonds. The zero-order valence-corrected chi connectivity index (χ0v) is 13.1. The van der Waals surface area contributed by atoms with Gasteiger partial charge in [0.2, 0.25) is 0 Å². The smallest absolute Gasteiger partial charge is 0.323 e. The summed E-state index contributed by atoms with van der Waals surface area (Å²) in [5, 5.41) is 17.3. The molecule has 25 heavy (non-hydrogen) atoms. The Hall–Kier alpha value is -3.92. The van der Waals surface area contributed by atoms with Crippen LogP contribution in [0, 0.1) is 11.3 Å². The summed E-state index contributed by atoms with van der Waals surface area (Å²) in [4.78, 5) is 20.5. The van der Waals surface area contributed by atoms with Gasteiger partial charge in [0.15, 0.2) is 5.82 Å². The number of anilines is 4. The van der Waals surface area contributed by atoms with Crippen LogP contribution in [0.4, 0.5) is 27.8 Å². The lowest BCUT2D eigenvalue weighted by molar-refractivity contribution is 0.262. The molecule has 3 aromatic rings. The van der Waals surface area contributed by atoms with Crippen LogP contribution in [-0.2, 0) is 0 Å². The van der Waals surface area contributed by atoms with Gasteiger partial charge in [-0.2, -0.15) is 5.26 Å². The molecule has 0 aliphatic carbocycles. The van der Waals surface area contributed by atoms with Crippen LogP contribution < -0.4 is 16.0 Å². The first-order valence-corrected chi connectivity index (χ1v) is 7.46. The number of aromatic nitrogens is 2. The molecule has 0 unspecified atom stereocenters. The number of rotatable bonds is 4. The minimum Gasteiger partial charge on any atom is -0.323 e. The van der Waals surface area contributed by atoms with Crippen LogP contribution in [0.2, 0.25) is 0 Å². The highest BCUT2D eigenvalue weighted by Gasteiger charge is 2.08. The number of nitriles is 1. The second-order valence-electron chi connectivity index (χ2n) is 5.01. The normalized spacial score (nSPS) is 9.72. The van der Waals surface area contributed by atoms with Crippen molar-refractivity contribution >= 4 is 29.0 Å². The highest BCUT2D eigenvalue weighted by atomic mass is 16.2. The van der Waals surface area contributed by atoms with Crippen molar-refractivity contribution in [1.82, 2.24) is 9.97 Å². The van der Waals surface area contributed by atoms with E-state index in [2.05, 4.69) is 25.9 Å². The van der Waals surface area contributed by atoms with Crippen molar-refractivity contribution in [3.63, 3.8) is 0 Å². The molecule has 2 aromatic heterocycles. The quantitative estimate of drug-likeness (QED) is 0.676. The molecule has 0 aliphatic heterocycles. The standard InChI is InChI=1S/C18H14N6O/c19-11-13-8-9-16(21-12-13)24-17-15(7-4-10-20-17)23-18(25)22-14-5-2-1-3-6-14/h1-10,12H,(H,20,21,24)(H2,22,23,25). The number of carbonyl (C=O) groups excluding carboxylic acids is 1. The molecule has 7 heteroatoms. The largest absolute Gasteiger partial charge is 0.323 e. The SMILES string of the molecule is N#Cc1ccc(Nc2ncccc2NC(=O)Nc2ccccc2)nc1. The fourth-order valence-corrected chi connectivity index (χ4v) is 2.07. The predicted molar refractivity (Wildman–Crippen MR) is 95.6 cm³/mol. The molecule has 3 N–H and O–H groups in total. The number of benzene rings is 1. The Morgan fingerprint density at radius 2 is 1.80 bits per heavy atom. The molecule has 0 atom stereocenters. The monoisotopic (exact) mass is 330 g/mol. The average Bonchev–Trinajstić information content (AvgIpc) is 2.65. The van der Waals surface area contributed by atoms with Gasteiger partial charge in [0.1, 0.15) is 11.9 Å². The van der Waals surface area contributed by atoms with Gasteiger partial charge in [-0.3, -0.25) is 0 Å². The number of nitrogens with zero attached hydrogens (tertiary/aromatic N) is 3. The molecule has 0 spiro atoms. The van der Waals surface area contributed by atoms with E-state index in [0.29, 0.717) is 28.6 Å². The Kier molecular flexibility index (Phi) is 4.83. The van der Waals surface area contributed by atoms with Gasteiger partial charge >= 0.3 is 6.03 Å². The van der Waals surface area contributed by atoms with E-state index >= 15 is 0 Å². The van der Waals surface area contributed by atoms with Gasteiger partial charge in [-0.05, 0) is 36.4 Å². The van der Waals surface area contributed by atoms with Crippen LogP contribution in [0.15, 0.2) is 67.0 Å². The first kappa shape index (κ1) is 16.0. The third-order valence-corrected chi connectivity index (χ3v) is 3.23. The van der Waals surface area contributed by atoms with Crippen LogP contribution in [0.5, 0.6) is 0 Å². The third-order valence-electron chi connectivity index (χ3n) is 3.23. The number of hydrogen-bond donors (Lipinski definition) is 3. The lowest BCUT2D eigenvalue weighted by Gasteiger charge is -2.12. The number of carbonyl (C=O) groups is 1. The summed E-state index contributed by atoms with van der Waals surface area (Å²) in [6.07, 6.45) is 3.06. The average molecular weight is 330 g/mol. The molecule has 0 saturated carbocycles. The molecule has 7 nitrogen and oxygen atoms in total. The van der Waals surface area contributed by atoms with E-state index in [-0.39, 0.29) is 6.03 Å². The van der Waals surface area contributed by atoms with Gasteiger partial charge in [0.05, 0.1) is 11.3 Å². The van der Waals surface area contributed by atoms with Gasteiger partial charge in [0.25, 0.3) is 0 Å². The van der Waals surface area contributed by atoms with Gasteiger partial charge in [-0.15, -0.1) is 0 Å². The molecular weight excluding hydrogens is 316 g/mol. The topological polar surface area (TPSA) is 103 Å². The van der Waals surface area contributed by atoms with Crippen molar-refractivity contribution in [2.24, 2.45) is 0 Å². The maximum atomic E-state index is 12.1. The molecule has 122 valence electrons. The Morgan fingerprint density at radius 1 is 0.960 bits per heavy atom. The lowest BCUT2D eigenvalue weighted by Crippen LogP contribution is -2.20. The van der Waals surface area contributed by atoms with Crippen molar-refractivity contribution in [2.45, 2.75) is 0 Å². The van der Waals surface area contributed by atoms with Crippen LogP contribution in [0.1, 0.15) is 5.56 Å². The summed E-state index contributed by atoms with van der Waals surface area (Å²) in [6, 6.07) is 17.5. The van der Waals surface area contributed by atoms with E-state index < -0.39 is 0 Å². The molecular formula is C18H14N6O. The third kappa shape index (κ3) is 4.30. The van der Waals surface area contributed by atoms with Gasteiger partial charge in [-0.1, -0.05) is 18.2 Å². The van der Waals surface area contributed by atoms with Crippen LogP contribution in [0.25, 0.3) is 0 Å². The summed E-state index contributed by atoms with van der Waals surface area (Å²) in [6.45, 7) is 0. The number of urea groups is 1. The van der Waals surface area contributed by atoms with Crippen molar-refractivity contribution in [2.75, 3.05) is 16.0 Å². The highest BCUT2D eigenvalue weighted by molar-refractivity contribution is 6.01. The van der Waals surface area contributed by atoms with Gasteiger partial charge in [0, 0.05) is 18.1 Å². The van der Waals surface area contributed by atoms with Crippen LogP contribution >= 0.6 is 0 Å². The van der Waals surface area contributed by atoms with Crippen LogP contribution in [0.3, 0.4) is 0 Å². The minimum absolute atomic E-state index is 0.380. The van der Waals surface area contributed by atoms with Gasteiger partial charge < -0.3 is 16.0 Å². The molecule has 1 aromatic carbocycles. The van der Waals surface area contributed by atoms with E-state index in [1.54, 1.807) is 42.6 Å². The second kappa shape index (κ2) is 7.57. The molecule has 0 saturated heterocycles. The highest BCUT2D eigenvalue weighted by Crippen LogP contribution is 2.22. The molecule has 0 bridgehead atoms. The second-order valence-corrected chi connectivity index (χ2v) is 5.01. The Morgan fingerprint density at radius 3 is 2.52 bits per heavy atom.